The minimum Gasteiger partial charge on any atom is -0.398 e. The van der Waals surface area contributed by atoms with Crippen LogP contribution in [0.3, 0.4) is 0 Å². The van der Waals surface area contributed by atoms with E-state index in [0.717, 1.165) is 55.9 Å². The molecule has 71 heavy (non-hydrogen) atoms. The summed E-state index contributed by atoms with van der Waals surface area (Å²) in [5, 5.41) is 17.6. The monoisotopic (exact) mass is 976 g/mol. The molecule has 0 radical (unpaired) electrons. The lowest BCUT2D eigenvalue weighted by atomic mass is 10.0. The van der Waals surface area contributed by atoms with E-state index in [0.29, 0.717) is 33.4 Å². The van der Waals surface area contributed by atoms with E-state index in [-0.39, 0.29) is 0 Å². The molecule has 0 bridgehead atoms. The van der Waals surface area contributed by atoms with Gasteiger partial charge in [0.1, 0.15) is 0 Å². The van der Waals surface area contributed by atoms with Crippen LogP contribution in [0.25, 0.3) is 43.0 Å². The summed E-state index contributed by atoms with van der Waals surface area (Å²) in [6, 6.07) is 51.3. The number of halogens is 2. The Bertz CT molecular complexity index is 3190. The standard InChI is InChI=1S/C25H19N5.C15H12Cl2N2.C9H13N.C8H11N.C2H3N/c1-16-11-9-10-14-20(16)25-29-28-24(19-12-7-6-8-13-19)30(25)23-17(2)15-21(26-4)22(27-5)18(23)3;1-11-7-5-6-10-13(11)15(17)19-18-14(16)12-8-3-2-4-9-12;1-6-4-7(2)9(10)8(3)5-6;1-9(2)8-6-4-3-5-7-8;1-3-2/h6-15H,1-3H3;2-10H,1H3;4-5H,10H2,1-3H3;3-7H,1-2H3;1H3/b;18-14-,19-15-;;;. The lowest BCUT2D eigenvalue weighted by Gasteiger charge is -2.18. The number of benzene rings is 7. The largest absolute Gasteiger partial charge is 0.398 e. The summed E-state index contributed by atoms with van der Waals surface area (Å²) in [5.74, 6) is 1.41. The zero-order valence-corrected chi connectivity index (χ0v) is 43.4. The van der Waals surface area contributed by atoms with Crippen LogP contribution in [0.1, 0.15) is 50.1 Å². The van der Waals surface area contributed by atoms with E-state index in [9.17, 15) is 0 Å². The summed E-state index contributed by atoms with van der Waals surface area (Å²) in [6.45, 7) is 34.9. The summed E-state index contributed by atoms with van der Waals surface area (Å²) >= 11 is 12.2. The van der Waals surface area contributed by atoms with Gasteiger partial charge in [0.15, 0.2) is 33.4 Å². The molecule has 0 aliphatic rings. The average molecular weight is 978 g/mol. The third-order valence-corrected chi connectivity index (χ3v) is 11.4. The molecule has 12 heteroatoms. The Kier molecular flexibility index (Phi) is 21.5. The molecular formula is C59H58Cl2N10. The molecule has 0 saturated carbocycles. The number of hydrogen-bond acceptors (Lipinski definition) is 6. The number of aromatic nitrogens is 3. The van der Waals surface area contributed by atoms with Crippen LogP contribution in [-0.4, -0.2) is 46.2 Å². The van der Waals surface area contributed by atoms with Crippen LogP contribution in [0, 0.1) is 68.2 Å². The van der Waals surface area contributed by atoms with Gasteiger partial charge in [0.25, 0.3) is 0 Å². The molecule has 0 unspecified atom stereocenters. The van der Waals surface area contributed by atoms with Crippen molar-refractivity contribution in [2.24, 2.45) is 10.2 Å². The number of nitrogens with zero attached hydrogens (tertiary/aromatic N) is 9. The van der Waals surface area contributed by atoms with Gasteiger partial charge in [0, 0.05) is 53.4 Å². The molecule has 0 aliphatic heterocycles. The van der Waals surface area contributed by atoms with Gasteiger partial charge in [-0.25, -0.2) is 11.4 Å². The molecule has 1 heterocycles. The molecule has 1 aromatic heterocycles. The Morgan fingerprint density at radius 1 is 0.577 bits per heavy atom. The van der Waals surface area contributed by atoms with Crippen molar-refractivity contribution in [3.05, 3.63) is 242 Å². The third-order valence-electron chi connectivity index (χ3n) is 10.8. The third kappa shape index (κ3) is 15.3. The summed E-state index contributed by atoms with van der Waals surface area (Å²) in [7, 11) is 5.49. The van der Waals surface area contributed by atoms with Gasteiger partial charge < -0.3 is 15.5 Å². The topological polar surface area (TPSA) is 97.8 Å². The molecular weight excluding hydrogens is 920 g/mol. The highest BCUT2D eigenvalue weighted by Crippen LogP contribution is 2.41. The van der Waals surface area contributed by atoms with E-state index in [4.69, 9.17) is 48.7 Å². The van der Waals surface area contributed by atoms with Crippen LogP contribution < -0.4 is 10.6 Å². The predicted octanol–water partition coefficient (Wildman–Crippen LogP) is 15.7. The van der Waals surface area contributed by atoms with Gasteiger partial charge >= 0.3 is 0 Å². The number of hydrogen-bond donors (Lipinski definition) is 1. The Morgan fingerprint density at radius 2 is 1.07 bits per heavy atom. The van der Waals surface area contributed by atoms with E-state index < -0.39 is 0 Å². The molecule has 0 atom stereocenters. The molecule has 0 aliphatic carbocycles. The van der Waals surface area contributed by atoms with E-state index in [1.807, 2.05) is 188 Å². The zero-order chi connectivity index (χ0) is 52.0. The molecule has 0 spiro atoms. The van der Waals surface area contributed by atoms with Gasteiger partial charge in [-0.2, -0.15) is 0 Å². The van der Waals surface area contributed by atoms with Gasteiger partial charge in [-0.1, -0.05) is 174 Å². The van der Waals surface area contributed by atoms with E-state index in [2.05, 4.69) is 71.0 Å². The molecule has 8 aromatic rings. The van der Waals surface area contributed by atoms with Crippen molar-refractivity contribution < 1.29 is 0 Å². The molecule has 358 valence electrons. The lowest BCUT2D eigenvalue weighted by molar-refractivity contribution is 1.04. The first-order valence-electron chi connectivity index (χ1n) is 22.4. The fourth-order valence-corrected chi connectivity index (χ4v) is 7.69. The maximum atomic E-state index is 7.63. The highest BCUT2D eigenvalue weighted by atomic mass is 35.5. The number of rotatable bonds is 7. The van der Waals surface area contributed by atoms with Crippen LogP contribution in [0.5, 0.6) is 0 Å². The molecule has 0 saturated heterocycles. The summed E-state index contributed by atoms with van der Waals surface area (Å²) in [4.78, 5) is 12.0. The van der Waals surface area contributed by atoms with Gasteiger partial charge in [-0.15, -0.1) is 20.4 Å². The van der Waals surface area contributed by atoms with Crippen molar-refractivity contribution in [1.29, 1.82) is 0 Å². The molecule has 0 amide bonds. The molecule has 10 nitrogen and oxygen atoms in total. The first-order chi connectivity index (χ1) is 34.1. The van der Waals surface area contributed by atoms with E-state index in [1.165, 1.54) is 29.4 Å². The van der Waals surface area contributed by atoms with Crippen LogP contribution >= 0.6 is 23.2 Å². The fourth-order valence-electron chi connectivity index (χ4n) is 7.28. The van der Waals surface area contributed by atoms with Crippen molar-refractivity contribution in [2.45, 2.75) is 48.5 Å². The predicted molar refractivity (Wildman–Crippen MR) is 300 cm³/mol. The Morgan fingerprint density at radius 3 is 1.59 bits per heavy atom. The van der Waals surface area contributed by atoms with Crippen molar-refractivity contribution in [3.8, 4) is 28.5 Å². The SMILES string of the molecule is CN(C)c1ccccc1.Cc1cc(C)c(N)c(C)c1.Cc1ccccc1/C(Cl)=N/N=C(\Cl)c1ccccc1.[C-]#[N+]C.[C-]#[N+]c1cc(C)c(-n2c(-c3ccccc3)nnc2-c2ccccc2C)c(C)c1[N+]#[C-]. The average Bonchev–Trinajstić information content (AvgIpc) is 3.80. The van der Waals surface area contributed by atoms with E-state index in [1.54, 1.807) is 6.07 Å². The maximum absolute atomic E-state index is 7.63. The lowest BCUT2D eigenvalue weighted by Crippen LogP contribution is -2.07. The first kappa shape index (κ1) is 55.3. The number of nitrogen functional groups attached to an aromatic ring is 1. The summed E-state index contributed by atoms with van der Waals surface area (Å²) in [6.07, 6.45) is 0. The normalized spacial score (nSPS) is 10.4. The second kappa shape index (κ2) is 27.6. The van der Waals surface area contributed by atoms with Crippen molar-refractivity contribution >= 4 is 56.3 Å². The Balaban J connectivity index is 0.000000226. The van der Waals surface area contributed by atoms with Gasteiger partial charge in [0.2, 0.25) is 7.05 Å². The second-order valence-corrected chi connectivity index (χ2v) is 17.1. The minimum absolute atomic E-state index is 0.312. The van der Waals surface area contributed by atoms with Gasteiger partial charge in [-0.3, -0.25) is 9.41 Å². The minimum atomic E-state index is 0.312. The zero-order valence-electron chi connectivity index (χ0n) is 41.9. The van der Waals surface area contributed by atoms with Crippen molar-refractivity contribution in [1.82, 2.24) is 14.8 Å². The maximum Gasteiger partial charge on any atom is 0.205 e. The molecule has 7 aromatic carbocycles. The second-order valence-electron chi connectivity index (χ2n) is 16.4. The van der Waals surface area contributed by atoms with Crippen molar-refractivity contribution in [3.63, 3.8) is 0 Å². The fraction of sp³-hybridized carbons (Fsp3) is 0.169. The number of anilines is 2. The molecule has 8 rings (SSSR count). The molecule has 0 fully saturated rings. The Hall–Kier alpha value is -8.33. The molecule has 2 N–H and O–H groups in total. The van der Waals surface area contributed by atoms with Crippen LogP contribution in [-0.2, 0) is 0 Å². The highest BCUT2D eigenvalue weighted by Gasteiger charge is 2.23. The number of para-hydroxylation sites is 1. The van der Waals surface area contributed by atoms with E-state index >= 15 is 0 Å². The highest BCUT2D eigenvalue weighted by molar-refractivity contribution is 6.71. The van der Waals surface area contributed by atoms with Crippen LogP contribution in [0.15, 0.2) is 168 Å². The summed E-state index contributed by atoms with van der Waals surface area (Å²) < 4.78 is 2.02. The number of aryl methyl sites for hydroxylation is 6. The van der Waals surface area contributed by atoms with Gasteiger partial charge in [-0.05, 0) is 94.0 Å². The van der Waals surface area contributed by atoms with Crippen molar-refractivity contribution in [2.75, 3.05) is 31.8 Å². The Labute approximate surface area is 429 Å². The number of nitrogens with two attached hydrogens (primary N) is 1. The smallest absolute Gasteiger partial charge is 0.205 e. The van der Waals surface area contributed by atoms with Crippen LogP contribution in [0.4, 0.5) is 22.7 Å². The van der Waals surface area contributed by atoms with Gasteiger partial charge in [0.05, 0.1) is 13.1 Å². The summed E-state index contributed by atoms with van der Waals surface area (Å²) in [5.41, 5.74) is 20.5. The first-order valence-corrected chi connectivity index (χ1v) is 23.2. The van der Waals surface area contributed by atoms with Crippen LogP contribution in [0.2, 0.25) is 0 Å². The quantitative estimate of drug-likeness (QED) is 0.0744.